The summed E-state index contributed by atoms with van der Waals surface area (Å²) in [5.41, 5.74) is 5.76. The molecule has 1 aliphatic rings. The first-order valence-corrected chi connectivity index (χ1v) is 7.06. The molecule has 0 amide bonds. The second kappa shape index (κ2) is 7.05. The molecule has 0 aromatic heterocycles. The largest absolute Gasteiger partial charge is 0.207 e. The lowest BCUT2D eigenvalue weighted by Gasteiger charge is -2.00. The minimum Gasteiger partial charge on any atom is -0.0774 e. The van der Waals surface area contributed by atoms with Gasteiger partial charge in [0.1, 0.15) is 0 Å². The Morgan fingerprint density at radius 3 is 1.33 bits per heavy atom. The molecule has 0 aliphatic carbocycles. The second-order valence-corrected chi connectivity index (χ2v) is 3.90. The van der Waals surface area contributed by atoms with Gasteiger partial charge in [0.25, 0.3) is 0 Å². The molecule has 0 unspecified atom stereocenters. The van der Waals surface area contributed by atoms with Crippen LogP contribution in [-0.2, 0) is 0 Å². The van der Waals surface area contributed by atoms with Gasteiger partial charge >= 0.3 is 0 Å². The van der Waals surface area contributed by atoms with E-state index in [1.807, 2.05) is 27.7 Å². The van der Waals surface area contributed by atoms with Crippen LogP contribution >= 0.6 is 0 Å². The molecule has 0 saturated heterocycles. The summed E-state index contributed by atoms with van der Waals surface area (Å²) in [5.74, 6) is 0. The molecule has 3 rings (SSSR count). The van der Waals surface area contributed by atoms with Gasteiger partial charge in [0, 0.05) is 0 Å². The van der Waals surface area contributed by atoms with E-state index in [9.17, 15) is 0 Å². The fraction of sp³-hybridized carbons (Fsp3) is 0.294. The molecular weight excluding hydrogens is 215 g/mol. The molecule has 0 atom stereocenters. The fourth-order valence-corrected chi connectivity index (χ4v) is 2.41. The van der Waals surface area contributed by atoms with Crippen LogP contribution in [0.5, 0.6) is 0 Å². The van der Waals surface area contributed by atoms with Crippen molar-refractivity contribution in [3.8, 4) is 11.1 Å². The molecule has 1 aliphatic heterocycles. The van der Waals surface area contributed by atoms with Crippen LogP contribution in [0.15, 0.2) is 48.5 Å². The van der Waals surface area contributed by atoms with Gasteiger partial charge in [-0.1, -0.05) is 94.0 Å². The first-order valence-electron chi connectivity index (χ1n) is 7.06. The summed E-state index contributed by atoms with van der Waals surface area (Å²) in [6.07, 6.45) is 0. The van der Waals surface area contributed by atoms with Crippen LogP contribution in [0.4, 0.5) is 0 Å². The van der Waals surface area contributed by atoms with Crippen molar-refractivity contribution in [3.05, 3.63) is 48.5 Å². The van der Waals surface area contributed by atoms with Crippen LogP contribution in [-0.4, -0.2) is 6.71 Å². The zero-order chi connectivity index (χ0) is 13.5. The Labute approximate surface area is 112 Å². The van der Waals surface area contributed by atoms with E-state index in [0.29, 0.717) is 6.71 Å². The molecule has 0 N–H and O–H groups in total. The lowest BCUT2D eigenvalue weighted by molar-refractivity contribution is 1.50. The lowest BCUT2D eigenvalue weighted by atomic mass is 9.45. The van der Waals surface area contributed by atoms with Crippen LogP contribution in [0.25, 0.3) is 11.1 Å². The maximum atomic E-state index is 2.28. The van der Waals surface area contributed by atoms with E-state index >= 15 is 0 Å². The van der Waals surface area contributed by atoms with Gasteiger partial charge in [0.2, 0.25) is 6.71 Å². The highest BCUT2D eigenvalue weighted by molar-refractivity contribution is 6.88. The summed E-state index contributed by atoms with van der Waals surface area (Å²) in [7, 11) is 0. The predicted molar refractivity (Wildman–Crippen MR) is 85.5 cm³/mol. The average molecular weight is 238 g/mol. The Hall–Kier alpha value is -1.50. The number of hydrogen-bond donors (Lipinski definition) is 0. The highest BCUT2D eigenvalue weighted by Gasteiger charge is 2.26. The Balaban J connectivity index is 0.000000371. The number of rotatable bonds is 0. The molecule has 18 heavy (non-hydrogen) atoms. The Kier molecular flexibility index (Phi) is 5.71. The van der Waals surface area contributed by atoms with Gasteiger partial charge in [-0.25, -0.2) is 0 Å². The van der Waals surface area contributed by atoms with Gasteiger partial charge in [0.05, 0.1) is 0 Å². The first-order chi connectivity index (χ1) is 8.88. The van der Waals surface area contributed by atoms with Crippen molar-refractivity contribution < 1.29 is 0 Å². The maximum Gasteiger partial charge on any atom is 0.207 e. The molecule has 2 aromatic carbocycles. The van der Waals surface area contributed by atoms with Crippen molar-refractivity contribution in [3.63, 3.8) is 0 Å². The standard InChI is InChI=1S/C13H11B.2C2H6/c1-14-12-8-4-2-6-10(12)11-7-3-5-9-13(11)14;2*1-2/h2-9H,1H3;2*1-2H3. The van der Waals surface area contributed by atoms with Crippen molar-refractivity contribution in [2.75, 3.05) is 0 Å². The molecule has 0 saturated carbocycles. The van der Waals surface area contributed by atoms with Gasteiger partial charge in [0.15, 0.2) is 0 Å². The molecule has 94 valence electrons. The van der Waals surface area contributed by atoms with E-state index in [1.165, 1.54) is 22.1 Å². The van der Waals surface area contributed by atoms with Crippen molar-refractivity contribution >= 4 is 17.6 Å². The van der Waals surface area contributed by atoms with Crippen LogP contribution < -0.4 is 10.9 Å². The van der Waals surface area contributed by atoms with Crippen molar-refractivity contribution in [1.82, 2.24) is 0 Å². The predicted octanol–water partition coefficient (Wildman–Crippen LogP) is 3.96. The first kappa shape index (κ1) is 14.6. The summed E-state index contributed by atoms with van der Waals surface area (Å²) in [6, 6.07) is 17.4. The molecule has 0 radical (unpaired) electrons. The SMILES string of the molecule is CB1c2ccccc2-c2ccccc21.CC.CC. The molecular formula is C17H23B. The minimum absolute atomic E-state index is 0.558. The van der Waals surface area contributed by atoms with Gasteiger partial charge in [-0.05, 0) is 11.1 Å². The Morgan fingerprint density at radius 1 is 0.611 bits per heavy atom. The van der Waals surface area contributed by atoms with Crippen molar-refractivity contribution in [2.24, 2.45) is 0 Å². The molecule has 0 spiro atoms. The Bertz CT molecular complexity index is 443. The molecule has 0 fully saturated rings. The van der Waals surface area contributed by atoms with Crippen LogP contribution in [0, 0.1) is 0 Å². The van der Waals surface area contributed by atoms with Gasteiger partial charge in [-0.15, -0.1) is 0 Å². The van der Waals surface area contributed by atoms with Crippen LogP contribution in [0.1, 0.15) is 27.7 Å². The molecule has 0 nitrogen and oxygen atoms in total. The topological polar surface area (TPSA) is 0 Å². The van der Waals surface area contributed by atoms with E-state index in [4.69, 9.17) is 0 Å². The summed E-state index contributed by atoms with van der Waals surface area (Å²) >= 11 is 0. The van der Waals surface area contributed by atoms with E-state index < -0.39 is 0 Å². The van der Waals surface area contributed by atoms with E-state index in [2.05, 4.69) is 55.4 Å². The van der Waals surface area contributed by atoms with E-state index in [1.54, 1.807) is 0 Å². The maximum absolute atomic E-state index is 2.28. The molecule has 1 heteroatoms. The summed E-state index contributed by atoms with van der Waals surface area (Å²) in [6.45, 7) is 10.8. The molecule has 1 heterocycles. The Morgan fingerprint density at radius 2 is 0.944 bits per heavy atom. The third-order valence-corrected chi connectivity index (χ3v) is 3.14. The number of hydrogen-bond acceptors (Lipinski definition) is 0. The highest BCUT2D eigenvalue weighted by atomic mass is 14.1. The smallest absolute Gasteiger partial charge is 0.0774 e. The summed E-state index contributed by atoms with van der Waals surface area (Å²) in [5, 5.41) is 0. The normalized spacial score (nSPS) is 10.4. The lowest BCUT2D eigenvalue weighted by Crippen LogP contribution is -2.34. The minimum atomic E-state index is 0.558. The zero-order valence-electron chi connectivity index (χ0n) is 12.2. The van der Waals surface area contributed by atoms with Gasteiger partial charge < -0.3 is 0 Å². The summed E-state index contributed by atoms with van der Waals surface area (Å²) in [4.78, 5) is 0. The molecule has 0 bridgehead atoms. The van der Waals surface area contributed by atoms with Crippen molar-refractivity contribution in [2.45, 2.75) is 34.5 Å². The summed E-state index contributed by atoms with van der Waals surface area (Å²) < 4.78 is 0. The quantitative estimate of drug-likeness (QED) is 0.609. The third-order valence-electron chi connectivity index (χ3n) is 3.14. The van der Waals surface area contributed by atoms with Crippen LogP contribution in [0.2, 0.25) is 6.82 Å². The van der Waals surface area contributed by atoms with E-state index in [0.717, 1.165) is 0 Å². The van der Waals surface area contributed by atoms with Gasteiger partial charge in [-0.3, -0.25) is 0 Å². The number of fused-ring (bicyclic) bond motifs is 3. The van der Waals surface area contributed by atoms with Crippen LogP contribution in [0.3, 0.4) is 0 Å². The fourth-order valence-electron chi connectivity index (χ4n) is 2.41. The van der Waals surface area contributed by atoms with Gasteiger partial charge in [-0.2, -0.15) is 0 Å². The third kappa shape index (κ3) is 2.50. The zero-order valence-corrected chi connectivity index (χ0v) is 12.2. The monoisotopic (exact) mass is 238 g/mol. The molecule has 2 aromatic rings. The van der Waals surface area contributed by atoms with Crippen molar-refractivity contribution in [1.29, 1.82) is 0 Å². The van der Waals surface area contributed by atoms with E-state index in [-0.39, 0.29) is 0 Å². The average Bonchev–Trinajstić information content (AvgIpc) is 2.78. The second-order valence-electron chi connectivity index (χ2n) is 3.90. The highest BCUT2D eigenvalue weighted by Crippen LogP contribution is 2.21. The number of benzene rings is 2.